The van der Waals surface area contributed by atoms with Crippen molar-refractivity contribution in [1.82, 2.24) is 19.6 Å². The molecular formula is C24H32FN7O3. The second-order valence-electron chi connectivity index (χ2n) is 9.86. The Morgan fingerprint density at radius 3 is 2.63 bits per heavy atom. The molecule has 2 amide bonds. The van der Waals surface area contributed by atoms with Crippen molar-refractivity contribution >= 4 is 23.5 Å². The average Bonchev–Trinajstić information content (AvgIpc) is 3.21. The van der Waals surface area contributed by atoms with Gasteiger partial charge in [0.25, 0.3) is 5.91 Å². The Morgan fingerprint density at radius 2 is 2.03 bits per heavy atom. The zero-order valence-corrected chi connectivity index (χ0v) is 20.5. The molecule has 1 aliphatic heterocycles. The number of hydrogen-bond acceptors (Lipinski definition) is 7. The van der Waals surface area contributed by atoms with Crippen molar-refractivity contribution in [2.24, 2.45) is 17.1 Å². The third-order valence-electron chi connectivity index (χ3n) is 5.78. The Bertz CT molecular complexity index is 1090. The molecule has 10 nitrogen and oxygen atoms in total. The van der Waals surface area contributed by atoms with E-state index in [1.54, 1.807) is 4.90 Å². The van der Waals surface area contributed by atoms with Crippen molar-refractivity contribution in [3.05, 3.63) is 41.8 Å². The molecule has 3 rings (SSSR count). The van der Waals surface area contributed by atoms with Crippen LogP contribution in [0.15, 0.2) is 30.5 Å². The van der Waals surface area contributed by atoms with Gasteiger partial charge in [-0.05, 0) is 44.8 Å². The smallest absolute Gasteiger partial charge is 0.409 e. The summed E-state index contributed by atoms with van der Waals surface area (Å²) in [5, 5.41) is 17.1. The number of nitrogens with two attached hydrogens (primary N) is 1. The van der Waals surface area contributed by atoms with E-state index in [4.69, 9.17) is 10.5 Å². The summed E-state index contributed by atoms with van der Waals surface area (Å²) in [6, 6.07) is 7.35. The maximum atomic E-state index is 13.2. The fraction of sp³-hybridized carbons (Fsp3) is 0.500. The molecule has 0 spiro atoms. The fourth-order valence-corrected chi connectivity index (χ4v) is 4.27. The van der Waals surface area contributed by atoms with Crippen molar-refractivity contribution in [3.63, 3.8) is 0 Å². The van der Waals surface area contributed by atoms with Crippen LogP contribution in [0.3, 0.4) is 0 Å². The number of aromatic nitrogens is 2. The lowest BCUT2D eigenvalue weighted by Gasteiger charge is -2.36. The Balaban J connectivity index is 1.77. The number of likely N-dealkylation sites (tertiary alicyclic amines) is 1. The number of ether oxygens (including phenoxy) is 1. The molecule has 3 N–H and O–H groups in total. The second kappa shape index (κ2) is 10.7. The van der Waals surface area contributed by atoms with Gasteiger partial charge in [-0.2, -0.15) is 10.4 Å². The molecule has 1 fully saturated rings. The topological polar surface area (TPSA) is 130 Å². The lowest BCUT2D eigenvalue weighted by atomic mass is 9.93. The molecule has 2 aromatic rings. The lowest BCUT2D eigenvalue weighted by molar-refractivity contribution is 0.0431. The van der Waals surface area contributed by atoms with Gasteiger partial charge in [0.1, 0.15) is 11.4 Å². The van der Waals surface area contributed by atoms with Crippen molar-refractivity contribution < 1.29 is 18.7 Å². The quantitative estimate of drug-likeness (QED) is 0.588. The van der Waals surface area contributed by atoms with Crippen LogP contribution >= 0.6 is 0 Å². The Labute approximate surface area is 204 Å². The highest BCUT2D eigenvalue weighted by molar-refractivity contribution is 5.98. The average molecular weight is 486 g/mol. The molecule has 1 aromatic carbocycles. The molecule has 1 saturated heterocycles. The molecule has 11 heteroatoms. The molecule has 2 unspecified atom stereocenters. The van der Waals surface area contributed by atoms with Crippen LogP contribution in [-0.4, -0.2) is 71.9 Å². The molecule has 0 radical (unpaired) electrons. The minimum absolute atomic E-state index is 0.121. The number of halogens is 1. The largest absolute Gasteiger partial charge is 0.449 e. The normalized spacial score (nSPS) is 18.3. The third-order valence-corrected chi connectivity index (χ3v) is 5.78. The summed E-state index contributed by atoms with van der Waals surface area (Å²) in [5.41, 5.74) is 5.97. The molecule has 188 valence electrons. The van der Waals surface area contributed by atoms with Gasteiger partial charge < -0.3 is 25.6 Å². The highest BCUT2D eigenvalue weighted by Crippen LogP contribution is 2.30. The number of carbonyl (C=O) groups excluding carboxylic acids is 2. The number of nitriles is 1. The van der Waals surface area contributed by atoms with Crippen molar-refractivity contribution in [2.75, 3.05) is 45.7 Å². The van der Waals surface area contributed by atoms with Gasteiger partial charge in [-0.15, -0.1) is 0 Å². The van der Waals surface area contributed by atoms with Crippen LogP contribution in [0.4, 0.5) is 20.7 Å². The fourth-order valence-electron chi connectivity index (χ4n) is 4.27. The monoisotopic (exact) mass is 485 g/mol. The minimum Gasteiger partial charge on any atom is -0.449 e. The SMILES string of the molecule is CN(C)CC(C)(C)COC(=O)N1CCC(C#N)C(n2cc(C(N)=O)c(Nc3ccc(F)cc3)n2)C1. The van der Waals surface area contributed by atoms with E-state index in [0.29, 0.717) is 18.7 Å². The van der Waals surface area contributed by atoms with E-state index < -0.39 is 29.8 Å². The van der Waals surface area contributed by atoms with E-state index in [1.807, 2.05) is 32.8 Å². The molecule has 0 aliphatic carbocycles. The summed E-state index contributed by atoms with van der Waals surface area (Å²) in [5.74, 6) is -1.34. The van der Waals surface area contributed by atoms with Gasteiger partial charge in [-0.25, -0.2) is 9.18 Å². The third kappa shape index (κ3) is 6.70. The maximum Gasteiger partial charge on any atom is 0.409 e. The molecule has 2 heterocycles. The van der Waals surface area contributed by atoms with Gasteiger partial charge in [0.2, 0.25) is 0 Å². The highest BCUT2D eigenvalue weighted by Gasteiger charge is 2.35. The predicted molar refractivity (Wildman–Crippen MR) is 128 cm³/mol. The van der Waals surface area contributed by atoms with Gasteiger partial charge in [-0.1, -0.05) is 13.8 Å². The van der Waals surface area contributed by atoms with Crippen LogP contribution in [0, 0.1) is 28.5 Å². The van der Waals surface area contributed by atoms with Crippen molar-refractivity contribution in [1.29, 1.82) is 5.26 Å². The van der Waals surface area contributed by atoms with E-state index >= 15 is 0 Å². The second-order valence-corrected chi connectivity index (χ2v) is 9.86. The number of rotatable bonds is 8. The Hall–Kier alpha value is -3.65. The lowest BCUT2D eigenvalue weighted by Crippen LogP contribution is -2.45. The van der Waals surface area contributed by atoms with Crippen LogP contribution in [0.1, 0.15) is 36.7 Å². The number of anilines is 2. The highest BCUT2D eigenvalue weighted by atomic mass is 19.1. The minimum atomic E-state index is -0.704. The number of nitrogens with zero attached hydrogens (tertiary/aromatic N) is 5. The number of hydrogen-bond donors (Lipinski definition) is 2. The van der Waals surface area contributed by atoms with Gasteiger partial charge in [-0.3, -0.25) is 9.48 Å². The molecule has 2 atom stereocenters. The van der Waals surface area contributed by atoms with E-state index in [9.17, 15) is 19.2 Å². The summed E-state index contributed by atoms with van der Waals surface area (Å²) < 4.78 is 20.3. The summed E-state index contributed by atoms with van der Waals surface area (Å²) >= 11 is 0. The number of benzene rings is 1. The molecule has 1 aromatic heterocycles. The Morgan fingerprint density at radius 1 is 1.34 bits per heavy atom. The predicted octanol–water partition coefficient (Wildman–Crippen LogP) is 2.98. The van der Waals surface area contributed by atoms with E-state index in [1.165, 1.54) is 35.1 Å². The summed E-state index contributed by atoms with van der Waals surface area (Å²) in [7, 11) is 3.93. The maximum absolute atomic E-state index is 13.2. The molecule has 0 saturated carbocycles. The van der Waals surface area contributed by atoms with Gasteiger partial charge in [0.05, 0.1) is 24.6 Å². The summed E-state index contributed by atoms with van der Waals surface area (Å²) in [4.78, 5) is 28.5. The molecule has 1 aliphatic rings. The molecule has 0 bridgehead atoms. The number of amides is 2. The summed E-state index contributed by atoms with van der Waals surface area (Å²) in [6.45, 7) is 5.64. The van der Waals surface area contributed by atoms with Crippen molar-refractivity contribution in [3.8, 4) is 6.07 Å². The number of nitrogens with one attached hydrogen (secondary N) is 1. The van der Waals surface area contributed by atoms with Crippen LogP contribution < -0.4 is 11.1 Å². The molecule has 35 heavy (non-hydrogen) atoms. The number of carbonyl (C=O) groups is 2. The first kappa shape index (κ1) is 26.0. The van der Waals surface area contributed by atoms with Crippen LogP contribution in [0.5, 0.6) is 0 Å². The first-order chi connectivity index (χ1) is 16.5. The van der Waals surface area contributed by atoms with Crippen LogP contribution in [0.25, 0.3) is 0 Å². The zero-order valence-electron chi connectivity index (χ0n) is 20.5. The number of primary amides is 1. The van der Waals surface area contributed by atoms with E-state index in [0.717, 1.165) is 6.54 Å². The Kier molecular flexibility index (Phi) is 7.96. The standard InChI is InChI=1S/C24H32FN7O3/c1-24(2,14-30(3)4)15-35-23(34)31-10-9-16(11-26)20(13-31)32-12-19(21(27)33)22(29-32)28-18-7-5-17(25)6-8-18/h5-8,12,16,20H,9-10,13-15H2,1-4H3,(H2,27,33)(H,28,29). The first-order valence-electron chi connectivity index (χ1n) is 11.4. The van der Waals surface area contributed by atoms with Gasteiger partial charge in [0.15, 0.2) is 5.82 Å². The number of piperidine rings is 1. The van der Waals surface area contributed by atoms with E-state index in [-0.39, 0.29) is 29.9 Å². The van der Waals surface area contributed by atoms with E-state index in [2.05, 4.69) is 16.5 Å². The van der Waals surface area contributed by atoms with Gasteiger partial charge in [0, 0.05) is 36.9 Å². The molecular weight excluding hydrogens is 453 g/mol. The van der Waals surface area contributed by atoms with Crippen LogP contribution in [0.2, 0.25) is 0 Å². The van der Waals surface area contributed by atoms with Crippen LogP contribution in [-0.2, 0) is 4.74 Å². The van der Waals surface area contributed by atoms with Crippen molar-refractivity contribution in [2.45, 2.75) is 26.3 Å². The summed E-state index contributed by atoms with van der Waals surface area (Å²) in [6.07, 6.45) is 1.45. The zero-order chi connectivity index (χ0) is 25.8. The first-order valence-corrected chi connectivity index (χ1v) is 11.4. The van der Waals surface area contributed by atoms with Gasteiger partial charge >= 0.3 is 6.09 Å².